The largest absolute Gasteiger partial charge is 0.269 e. The van der Waals surface area contributed by atoms with Crippen LogP contribution in [0.5, 0.6) is 0 Å². The maximum atomic E-state index is 3.36. The summed E-state index contributed by atoms with van der Waals surface area (Å²) in [6.07, 6.45) is 36.9. The molecule has 0 radical (unpaired) electrons. The van der Waals surface area contributed by atoms with Gasteiger partial charge in [-0.3, -0.25) is 12.2 Å². The van der Waals surface area contributed by atoms with E-state index in [1.807, 2.05) is 0 Å². The van der Waals surface area contributed by atoms with Crippen molar-refractivity contribution in [3.63, 3.8) is 0 Å². The molecule has 3 heteroatoms. The third-order valence-corrected chi connectivity index (χ3v) is 5.13. The van der Waals surface area contributed by atoms with Crippen LogP contribution in [0.3, 0.4) is 0 Å². The monoisotopic (exact) mass is 606 g/mol. The molecule has 168 valence electrons. The Bertz CT molecular complexity index is 408. The molecule has 0 amide bonds. The molecule has 2 aliphatic carbocycles. The minimum Gasteiger partial charge on any atom is -0.269 e. The third-order valence-electron chi connectivity index (χ3n) is 5.13. The van der Waals surface area contributed by atoms with Gasteiger partial charge >= 0.3 is 0 Å². The maximum Gasteiger partial charge on any atom is 0 e. The van der Waals surface area contributed by atoms with Gasteiger partial charge in [-0.2, -0.15) is 12.2 Å². The van der Waals surface area contributed by atoms with Crippen molar-refractivity contribution in [3.05, 3.63) is 47.6 Å². The molecular weight excluding hydrogens is 562 g/mol. The quantitative estimate of drug-likeness (QED) is 0.105. The molecule has 0 atom stereocenters. The van der Waals surface area contributed by atoms with E-state index < -0.39 is 0 Å². The van der Waals surface area contributed by atoms with Crippen LogP contribution >= 0.6 is 24.8 Å². The van der Waals surface area contributed by atoms with Gasteiger partial charge in [-0.1, -0.05) is 104 Å². The molecule has 0 nitrogen and oxygen atoms in total. The SMILES string of the molecule is CCCCCCCCC1=[C-]CC=C1.CCCCCCCCC1=[C-]CC=C1.Cl.Cl.[Hf]. The van der Waals surface area contributed by atoms with Gasteiger partial charge in [0.25, 0.3) is 0 Å². The Morgan fingerprint density at radius 1 is 0.586 bits per heavy atom. The minimum atomic E-state index is 0. The van der Waals surface area contributed by atoms with Crippen LogP contribution in [0.2, 0.25) is 0 Å². The molecule has 0 aromatic heterocycles. The van der Waals surface area contributed by atoms with Gasteiger partial charge < -0.3 is 0 Å². The molecule has 0 aromatic rings. The fourth-order valence-electron chi connectivity index (χ4n) is 3.44. The average molecular weight is 606 g/mol. The molecule has 0 saturated heterocycles. The molecular formula is C26H44Cl2Hf-2. The molecule has 2 aliphatic rings. The molecule has 0 bridgehead atoms. The molecule has 0 aliphatic heterocycles. The summed E-state index contributed by atoms with van der Waals surface area (Å²) >= 11 is 0. The van der Waals surface area contributed by atoms with E-state index in [0.717, 1.165) is 12.8 Å². The zero-order valence-corrected chi connectivity index (χ0v) is 24.2. The predicted octanol–water partition coefficient (Wildman–Crippen LogP) is 9.69. The van der Waals surface area contributed by atoms with E-state index in [9.17, 15) is 0 Å². The van der Waals surface area contributed by atoms with E-state index in [1.165, 1.54) is 101 Å². The summed E-state index contributed by atoms with van der Waals surface area (Å²) in [6.45, 7) is 4.53. The van der Waals surface area contributed by atoms with Crippen molar-refractivity contribution in [1.82, 2.24) is 0 Å². The third kappa shape index (κ3) is 21.4. The van der Waals surface area contributed by atoms with E-state index in [0.29, 0.717) is 0 Å². The van der Waals surface area contributed by atoms with Gasteiger partial charge in [0, 0.05) is 25.8 Å². The Morgan fingerprint density at radius 3 is 1.24 bits per heavy atom. The first-order valence-electron chi connectivity index (χ1n) is 11.4. The van der Waals surface area contributed by atoms with Crippen molar-refractivity contribution in [2.24, 2.45) is 0 Å². The standard InChI is InChI=1S/2C13H21.2ClH.Hf/c2*1-2-3-4-5-6-7-10-13-11-8-9-12-13;;;/h2*8,11H,2-7,9-10H2,1H3;2*1H;/q2*-1;;;. The Kier molecular flexibility index (Phi) is 31.0. The van der Waals surface area contributed by atoms with E-state index in [1.54, 1.807) is 0 Å². The Hall–Kier alpha value is 0.410. The number of unbranched alkanes of at least 4 members (excludes halogenated alkanes) is 10. The van der Waals surface area contributed by atoms with Gasteiger partial charge in [0.2, 0.25) is 0 Å². The molecule has 0 fully saturated rings. The van der Waals surface area contributed by atoms with Crippen LogP contribution < -0.4 is 0 Å². The Labute approximate surface area is 213 Å². The molecule has 29 heavy (non-hydrogen) atoms. The number of rotatable bonds is 14. The van der Waals surface area contributed by atoms with Crippen LogP contribution in [0.1, 0.15) is 117 Å². The maximum absolute atomic E-state index is 3.36. The second-order valence-corrected chi connectivity index (χ2v) is 7.65. The smallest absolute Gasteiger partial charge is 0 e. The van der Waals surface area contributed by atoms with Crippen LogP contribution in [0.15, 0.2) is 35.5 Å². The van der Waals surface area contributed by atoms with Gasteiger partial charge in [-0.15, -0.1) is 37.7 Å². The fourth-order valence-corrected chi connectivity index (χ4v) is 3.44. The van der Waals surface area contributed by atoms with Crippen molar-refractivity contribution in [3.8, 4) is 0 Å². The van der Waals surface area contributed by atoms with Gasteiger partial charge in [-0.25, -0.2) is 23.3 Å². The summed E-state index contributed by atoms with van der Waals surface area (Å²) < 4.78 is 0. The number of halogens is 2. The molecule has 0 heterocycles. The zero-order chi connectivity index (χ0) is 18.7. The normalized spacial score (nSPS) is 13.4. The number of hydrogen-bond donors (Lipinski definition) is 0. The van der Waals surface area contributed by atoms with E-state index in [-0.39, 0.29) is 50.7 Å². The molecule has 0 unspecified atom stereocenters. The minimum absolute atomic E-state index is 0. The summed E-state index contributed by atoms with van der Waals surface area (Å²) in [6, 6.07) is 0. The van der Waals surface area contributed by atoms with E-state index in [2.05, 4.69) is 50.3 Å². The summed E-state index contributed by atoms with van der Waals surface area (Å²) in [4.78, 5) is 0. The predicted molar refractivity (Wildman–Crippen MR) is 132 cm³/mol. The summed E-state index contributed by atoms with van der Waals surface area (Å²) in [5.74, 6) is 0. The molecule has 0 aromatic carbocycles. The summed E-state index contributed by atoms with van der Waals surface area (Å²) in [5.41, 5.74) is 2.88. The van der Waals surface area contributed by atoms with E-state index in [4.69, 9.17) is 0 Å². The zero-order valence-electron chi connectivity index (χ0n) is 18.9. The first-order chi connectivity index (χ1) is 12.9. The molecule has 0 spiro atoms. The summed E-state index contributed by atoms with van der Waals surface area (Å²) in [7, 11) is 0. The second kappa shape index (κ2) is 26.4. The molecule has 2 rings (SSSR count). The van der Waals surface area contributed by atoms with Crippen LogP contribution in [0, 0.1) is 12.2 Å². The van der Waals surface area contributed by atoms with Crippen LogP contribution in [0.4, 0.5) is 0 Å². The van der Waals surface area contributed by atoms with Gasteiger partial charge in [0.15, 0.2) is 0 Å². The average Bonchev–Trinajstić information content (AvgIpc) is 3.35. The van der Waals surface area contributed by atoms with Gasteiger partial charge in [0.1, 0.15) is 0 Å². The molecule has 0 saturated carbocycles. The van der Waals surface area contributed by atoms with Crippen molar-refractivity contribution >= 4 is 24.8 Å². The summed E-state index contributed by atoms with van der Waals surface area (Å²) in [5, 5.41) is 0. The second-order valence-electron chi connectivity index (χ2n) is 7.65. The van der Waals surface area contributed by atoms with Crippen molar-refractivity contribution in [2.45, 2.75) is 117 Å². The van der Waals surface area contributed by atoms with Crippen LogP contribution in [-0.2, 0) is 25.8 Å². The molecule has 0 N–H and O–H groups in total. The number of hydrogen-bond acceptors (Lipinski definition) is 0. The number of allylic oxidation sites excluding steroid dienone is 8. The van der Waals surface area contributed by atoms with Crippen molar-refractivity contribution in [2.75, 3.05) is 0 Å². The van der Waals surface area contributed by atoms with Crippen LogP contribution in [0.25, 0.3) is 0 Å². The first-order valence-corrected chi connectivity index (χ1v) is 11.4. The fraction of sp³-hybridized carbons (Fsp3) is 0.692. The Morgan fingerprint density at radius 2 is 0.931 bits per heavy atom. The Balaban J connectivity index is -0.000000422. The van der Waals surface area contributed by atoms with Crippen molar-refractivity contribution in [1.29, 1.82) is 0 Å². The topological polar surface area (TPSA) is 0 Å². The first kappa shape index (κ1) is 34.0. The van der Waals surface area contributed by atoms with Gasteiger partial charge in [0.05, 0.1) is 0 Å². The van der Waals surface area contributed by atoms with E-state index >= 15 is 0 Å². The van der Waals surface area contributed by atoms with Crippen LogP contribution in [-0.4, -0.2) is 0 Å². The van der Waals surface area contributed by atoms with Crippen molar-refractivity contribution < 1.29 is 25.8 Å². The van der Waals surface area contributed by atoms with Gasteiger partial charge in [-0.05, 0) is 0 Å².